The van der Waals surface area contributed by atoms with E-state index in [1.807, 2.05) is 23.6 Å². The molecule has 0 radical (unpaired) electrons. The van der Waals surface area contributed by atoms with Crippen molar-refractivity contribution < 1.29 is 19.1 Å². The van der Waals surface area contributed by atoms with Gasteiger partial charge in [-0.3, -0.25) is 14.5 Å². The predicted octanol–water partition coefficient (Wildman–Crippen LogP) is 0.650. The molecule has 0 saturated carbocycles. The fraction of sp³-hybridized carbons (Fsp3) is 0.867. The molecule has 1 amide bonds. The minimum absolute atomic E-state index is 0.0652. The van der Waals surface area contributed by atoms with Crippen molar-refractivity contribution in [3.63, 3.8) is 0 Å². The number of ether oxygens (including phenoxy) is 2. The molecule has 0 bridgehead atoms. The maximum Gasteiger partial charge on any atom is 0.323 e. The number of esters is 1. The molecule has 6 nitrogen and oxygen atoms in total. The number of methoxy groups -OCH3 is 1. The quantitative estimate of drug-likeness (QED) is 0.716. The summed E-state index contributed by atoms with van der Waals surface area (Å²) in [6, 6.07) is -0.274. The minimum atomic E-state index is -0.274. The van der Waals surface area contributed by atoms with Crippen LogP contribution in [0.1, 0.15) is 33.1 Å². The van der Waals surface area contributed by atoms with Gasteiger partial charge >= 0.3 is 5.97 Å². The van der Waals surface area contributed by atoms with Gasteiger partial charge in [0, 0.05) is 13.1 Å². The van der Waals surface area contributed by atoms with Crippen molar-refractivity contribution in [2.24, 2.45) is 0 Å². The first kappa shape index (κ1) is 16.2. The smallest absolute Gasteiger partial charge is 0.323 e. The summed E-state index contributed by atoms with van der Waals surface area (Å²) in [6.07, 6.45) is 2.94. The topological polar surface area (TPSA) is 59.1 Å². The summed E-state index contributed by atoms with van der Waals surface area (Å²) in [5.74, 6) is -0.154. The highest BCUT2D eigenvalue weighted by molar-refractivity contribution is 5.80. The number of morpholine rings is 1. The van der Waals surface area contributed by atoms with Crippen LogP contribution in [-0.4, -0.2) is 73.2 Å². The third-order valence-corrected chi connectivity index (χ3v) is 4.20. The van der Waals surface area contributed by atoms with Crippen LogP contribution >= 0.6 is 0 Å². The molecule has 0 aromatic heterocycles. The van der Waals surface area contributed by atoms with Gasteiger partial charge in [-0.2, -0.15) is 0 Å². The lowest BCUT2D eigenvalue weighted by Crippen LogP contribution is -2.54. The molecular formula is C15H26N2O4. The Kier molecular flexibility index (Phi) is 5.58. The number of rotatable bonds is 3. The average molecular weight is 298 g/mol. The Balaban J connectivity index is 1.95. The predicted molar refractivity (Wildman–Crippen MR) is 77.8 cm³/mol. The van der Waals surface area contributed by atoms with E-state index >= 15 is 0 Å². The van der Waals surface area contributed by atoms with E-state index in [0.29, 0.717) is 19.6 Å². The summed E-state index contributed by atoms with van der Waals surface area (Å²) >= 11 is 0. The van der Waals surface area contributed by atoms with Crippen LogP contribution in [0.2, 0.25) is 0 Å². The van der Waals surface area contributed by atoms with Gasteiger partial charge in [0.2, 0.25) is 5.91 Å². The van der Waals surface area contributed by atoms with Crippen molar-refractivity contribution in [3.8, 4) is 0 Å². The van der Waals surface area contributed by atoms with Crippen molar-refractivity contribution in [1.82, 2.24) is 9.80 Å². The number of carbonyl (C=O) groups excluding carboxylic acids is 2. The molecule has 6 heteroatoms. The van der Waals surface area contributed by atoms with Gasteiger partial charge in [-0.15, -0.1) is 0 Å². The molecule has 2 rings (SSSR count). The van der Waals surface area contributed by atoms with Crippen LogP contribution in [0.4, 0.5) is 0 Å². The van der Waals surface area contributed by atoms with Gasteiger partial charge < -0.3 is 14.4 Å². The summed E-state index contributed by atoms with van der Waals surface area (Å²) < 4.78 is 10.5. The molecule has 0 aromatic rings. The molecule has 21 heavy (non-hydrogen) atoms. The Hall–Kier alpha value is -1.14. The second-order valence-electron chi connectivity index (χ2n) is 6.06. The maximum absolute atomic E-state index is 12.5. The van der Waals surface area contributed by atoms with E-state index in [4.69, 9.17) is 9.47 Å². The Bertz CT molecular complexity index is 378. The van der Waals surface area contributed by atoms with Crippen molar-refractivity contribution in [1.29, 1.82) is 0 Å². The lowest BCUT2D eigenvalue weighted by Gasteiger charge is -2.38. The zero-order valence-corrected chi connectivity index (χ0v) is 13.2. The summed E-state index contributed by atoms with van der Waals surface area (Å²) in [5.41, 5.74) is 0. The zero-order chi connectivity index (χ0) is 15.4. The summed E-state index contributed by atoms with van der Waals surface area (Å²) in [7, 11) is 1.41. The van der Waals surface area contributed by atoms with Crippen molar-refractivity contribution in [2.75, 3.05) is 33.3 Å². The molecule has 2 fully saturated rings. The molecule has 0 spiro atoms. The molecule has 0 aromatic carbocycles. The number of likely N-dealkylation sites (tertiary alicyclic amines) is 1. The standard InChI is InChI=1S/C15H26N2O4/c1-11-8-17(9-12(2)21-11)14(18)10-16-7-5-4-6-13(16)15(19)20-3/h11-13H,4-10H2,1-3H3. The van der Waals surface area contributed by atoms with Gasteiger partial charge in [-0.1, -0.05) is 6.42 Å². The number of piperidine rings is 1. The second kappa shape index (κ2) is 7.22. The highest BCUT2D eigenvalue weighted by Crippen LogP contribution is 2.19. The molecule has 0 N–H and O–H groups in total. The van der Waals surface area contributed by atoms with Crippen LogP contribution in [-0.2, 0) is 19.1 Å². The normalized spacial score (nSPS) is 31.0. The zero-order valence-electron chi connectivity index (χ0n) is 13.2. The van der Waals surface area contributed by atoms with Gasteiger partial charge in [-0.05, 0) is 33.2 Å². The number of hydrogen-bond acceptors (Lipinski definition) is 5. The van der Waals surface area contributed by atoms with Gasteiger partial charge in [0.05, 0.1) is 25.9 Å². The fourth-order valence-corrected chi connectivity index (χ4v) is 3.24. The molecule has 2 heterocycles. The average Bonchev–Trinajstić information content (AvgIpc) is 2.46. The molecule has 2 aliphatic heterocycles. The van der Waals surface area contributed by atoms with Crippen molar-refractivity contribution in [2.45, 2.75) is 51.4 Å². The van der Waals surface area contributed by atoms with Crippen LogP contribution < -0.4 is 0 Å². The first-order valence-corrected chi connectivity index (χ1v) is 7.76. The van der Waals surface area contributed by atoms with Crippen molar-refractivity contribution >= 4 is 11.9 Å². The third kappa shape index (κ3) is 4.17. The molecule has 2 saturated heterocycles. The van der Waals surface area contributed by atoms with Crippen LogP contribution in [0.15, 0.2) is 0 Å². The first-order valence-electron chi connectivity index (χ1n) is 7.76. The Morgan fingerprint density at radius 1 is 1.19 bits per heavy atom. The van der Waals surface area contributed by atoms with Crippen molar-refractivity contribution in [3.05, 3.63) is 0 Å². The van der Waals surface area contributed by atoms with Gasteiger partial charge in [0.15, 0.2) is 0 Å². The summed E-state index contributed by atoms with van der Waals surface area (Å²) in [4.78, 5) is 28.1. The minimum Gasteiger partial charge on any atom is -0.468 e. The summed E-state index contributed by atoms with van der Waals surface area (Å²) in [6.45, 7) is 6.28. The molecular weight excluding hydrogens is 272 g/mol. The Labute approximate surface area is 126 Å². The Morgan fingerprint density at radius 3 is 2.48 bits per heavy atom. The number of amides is 1. The molecule has 2 aliphatic rings. The van der Waals surface area contributed by atoms with E-state index in [-0.39, 0.29) is 30.1 Å². The van der Waals surface area contributed by atoms with Gasteiger partial charge in [0.1, 0.15) is 6.04 Å². The molecule has 120 valence electrons. The highest BCUT2D eigenvalue weighted by atomic mass is 16.5. The van der Waals surface area contributed by atoms with E-state index in [9.17, 15) is 9.59 Å². The monoisotopic (exact) mass is 298 g/mol. The third-order valence-electron chi connectivity index (χ3n) is 4.20. The van der Waals surface area contributed by atoms with E-state index < -0.39 is 0 Å². The van der Waals surface area contributed by atoms with Crippen LogP contribution in [0, 0.1) is 0 Å². The maximum atomic E-state index is 12.5. The largest absolute Gasteiger partial charge is 0.468 e. The molecule has 3 unspecified atom stereocenters. The number of carbonyl (C=O) groups is 2. The molecule has 3 atom stereocenters. The Morgan fingerprint density at radius 2 is 1.86 bits per heavy atom. The number of nitrogens with zero attached hydrogens (tertiary/aromatic N) is 2. The molecule has 0 aliphatic carbocycles. The second-order valence-corrected chi connectivity index (χ2v) is 6.06. The first-order chi connectivity index (χ1) is 10.0. The van der Waals surface area contributed by atoms with Crippen LogP contribution in [0.25, 0.3) is 0 Å². The van der Waals surface area contributed by atoms with Crippen LogP contribution in [0.3, 0.4) is 0 Å². The fourth-order valence-electron chi connectivity index (χ4n) is 3.24. The van der Waals surface area contributed by atoms with Crippen LogP contribution in [0.5, 0.6) is 0 Å². The van der Waals surface area contributed by atoms with Gasteiger partial charge in [0.25, 0.3) is 0 Å². The van der Waals surface area contributed by atoms with E-state index in [1.54, 1.807) is 0 Å². The lowest BCUT2D eigenvalue weighted by molar-refractivity contribution is -0.152. The van der Waals surface area contributed by atoms with E-state index in [2.05, 4.69) is 0 Å². The van der Waals surface area contributed by atoms with E-state index in [0.717, 1.165) is 25.8 Å². The summed E-state index contributed by atoms with van der Waals surface area (Å²) in [5, 5.41) is 0. The lowest BCUT2D eigenvalue weighted by atomic mass is 10.0. The number of hydrogen-bond donors (Lipinski definition) is 0. The SMILES string of the molecule is COC(=O)C1CCCCN1CC(=O)N1CC(C)OC(C)C1. The highest BCUT2D eigenvalue weighted by Gasteiger charge is 2.33. The van der Waals surface area contributed by atoms with Gasteiger partial charge in [-0.25, -0.2) is 0 Å². The van der Waals surface area contributed by atoms with E-state index in [1.165, 1.54) is 7.11 Å².